The average molecular weight is 305 g/mol. The fraction of sp³-hybridized carbons (Fsp3) is 0.571. The zero-order valence-corrected chi connectivity index (χ0v) is 12.7. The second-order valence-corrected chi connectivity index (χ2v) is 6.35. The highest BCUT2D eigenvalue weighted by molar-refractivity contribution is 7.12. The highest BCUT2D eigenvalue weighted by atomic mass is 32.1. The van der Waals surface area contributed by atoms with Crippen LogP contribution in [-0.2, 0) is 0 Å². The molecule has 0 bridgehead atoms. The standard InChI is InChI=1S/C14H19N5OS/c20-14(15-8-3-6-11-4-1-2-5-11)13-12(7-9-21-13)19-10-16-17-18-19/h7,9-11H,1-6,8H2,(H,15,20). The van der Waals surface area contributed by atoms with Crippen molar-refractivity contribution in [3.8, 4) is 5.69 Å². The van der Waals surface area contributed by atoms with Crippen molar-refractivity contribution in [1.29, 1.82) is 0 Å². The molecule has 0 atom stereocenters. The number of amides is 1. The first kappa shape index (κ1) is 14.2. The Kier molecular flexibility index (Phi) is 4.59. The number of thiophene rings is 1. The van der Waals surface area contributed by atoms with E-state index in [1.54, 1.807) is 0 Å². The van der Waals surface area contributed by atoms with E-state index < -0.39 is 0 Å². The van der Waals surface area contributed by atoms with Gasteiger partial charge in [0.2, 0.25) is 0 Å². The molecule has 1 fully saturated rings. The molecule has 2 heterocycles. The molecule has 21 heavy (non-hydrogen) atoms. The van der Waals surface area contributed by atoms with Crippen LogP contribution in [0.4, 0.5) is 0 Å². The van der Waals surface area contributed by atoms with E-state index in [2.05, 4.69) is 20.8 Å². The maximum Gasteiger partial charge on any atom is 0.263 e. The summed E-state index contributed by atoms with van der Waals surface area (Å²) in [6.45, 7) is 0.738. The highest BCUT2D eigenvalue weighted by Gasteiger charge is 2.16. The number of tetrazole rings is 1. The van der Waals surface area contributed by atoms with Gasteiger partial charge in [-0.2, -0.15) is 4.68 Å². The van der Waals surface area contributed by atoms with E-state index in [1.807, 2.05) is 11.4 Å². The van der Waals surface area contributed by atoms with Crippen molar-refractivity contribution in [1.82, 2.24) is 25.5 Å². The average Bonchev–Trinajstić information content (AvgIpc) is 3.24. The van der Waals surface area contributed by atoms with Crippen LogP contribution in [0.1, 0.15) is 48.2 Å². The van der Waals surface area contributed by atoms with Gasteiger partial charge in [0, 0.05) is 6.54 Å². The Hall–Kier alpha value is -1.76. The van der Waals surface area contributed by atoms with Gasteiger partial charge in [-0.1, -0.05) is 25.7 Å². The van der Waals surface area contributed by atoms with Gasteiger partial charge >= 0.3 is 0 Å². The molecule has 0 unspecified atom stereocenters. The molecule has 1 aliphatic carbocycles. The molecule has 7 heteroatoms. The largest absolute Gasteiger partial charge is 0.351 e. The Labute approximate surface area is 127 Å². The third kappa shape index (κ3) is 3.47. The summed E-state index contributed by atoms with van der Waals surface area (Å²) < 4.78 is 1.52. The minimum absolute atomic E-state index is 0.0399. The number of aromatic nitrogens is 4. The van der Waals surface area contributed by atoms with E-state index in [9.17, 15) is 4.79 Å². The number of nitrogens with one attached hydrogen (secondary N) is 1. The van der Waals surface area contributed by atoms with Crippen LogP contribution in [0.25, 0.3) is 5.69 Å². The number of hydrogen-bond donors (Lipinski definition) is 1. The van der Waals surface area contributed by atoms with Gasteiger partial charge in [-0.05, 0) is 40.6 Å². The van der Waals surface area contributed by atoms with Crippen LogP contribution in [0, 0.1) is 5.92 Å². The van der Waals surface area contributed by atoms with E-state index in [0.717, 1.165) is 24.6 Å². The van der Waals surface area contributed by atoms with Crippen LogP contribution in [-0.4, -0.2) is 32.7 Å². The molecule has 0 aliphatic heterocycles. The van der Waals surface area contributed by atoms with Crippen molar-refractivity contribution in [3.05, 3.63) is 22.7 Å². The van der Waals surface area contributed by atoms with Gasteiger partial charge in [-0.25, -0.2) is 0 Å². The molecule has 2 aromatic rings. The van der Waals surface area contributed by atoms with E-state index in [-0.39, 0.29) is 5.91 Å². The van der Waals surface area contributed by atoms with Crippen molar-refractivity contribution >= 4 is 17.2 Å². The molecule has 0 spiro atoms. The summed E-state index contributed by atoms with van der Waals surface area (Å²) in [5.74, 6) is 0.836. The van der Waals surface area contributed by atoms with Gasteiger partial charge in [0.15, 0.2) is 0 Å². The molecular formula is C14H19N5OS. The maximum atomic E-state index is 12.2. The third-order valence-electron chi connectivity index (χ3n) is 4.00. The second kappa shape index (κ2) is 6.80. The van der Waals surface area contributed by atoms with E-state index in [0.29, 0.717) is 4.88 Å². The summed E-state index contributed by atoms with van der Waals surface area (Å²) in [4.78, 5) is 12.9. The van der Waals surface area contributed by atoms with E-state index in [4.69, 9.17) is 0 Å². The first-order valence-corrected chi connectivity index (χ1v) is 8.31. The Morgan fingerprint density at radius 1 is 1.43 bits per heavy atom. The molecule has 1 N–H and O–H groups in total. The lowest BCUT2D eigenvalue weighted by atomic mass is 10.0. The van der Waals surface area contributed by atoms with Crippen molar-refractivity contribution in [2.24, 2.45) is 5.92 Å². The van der Waals surface area contributed by atoms with Crippen LogP contribution >= 0.6 is 11.3 Å². The predicted octanol–water partition coefficient (Wildman–Crippen LogP) is 2.42. The van der Waals surface area contributed by atoms with E-state index in [1.165, 1.54) is 54.5 Å². The summed E-state index contributed by atoms with van der Waals surface area (Å²) in [5.41, 5.74) is 0.735. The summed E-state index contributed by atoms with van der Waals surface area (Å²) >= 11 is 1.41. The summed E-state index contributed by atoms with van der Waals surface area (Å²) in [5, 5.41) is 15.9. The molecule has 0 radical (unpaired) electrons. The Balaban J connectivity index is 1.50. The quantitative estimate of drug-likeness (QED) is 0.832. The van der Waals surface area contributed by atoms with Gasteiger partial charge in [0.1, 0.15) is 11.2 Å². The van der Waals surface area contributed by atoms with Crippen molar-refractivity contribution < 1.29 is 4.79 Å². The monoisotopic (exact) mass is 305 g/mol. The zero-order valence-electron chi connectivity index (χ0n) is 11.9. The van der Waals surface area contributed by atoms with Gasteiger partial charge in [0.25, 0.3) is 5.91 Å². The summed E-state index contributed by atoms with van der Waals surface area (Å²) in [7, 11) is 0. The van der Waals surface area contributed by atoms with Crippen molar-refractivity contribution in [2.45, 2.75) is 38.5 Å². The van der Waals surface area contributed by atoms with Gasteiger partial charge in [-0.15, -0.1) is 16.4 Å². The minimum atomic E-state index is -0.0399. The van der Waals surface area contributed by atoms with Crippen LogP contribution in [0.2, 0.25) is 0 Å². The maximum absolute atomic E-state index is 12.2. The van der Waals surface area contributed by atoms with Gasteiger partial charge in [0.05, 0.1) is 5.69 Å². The number of carbonyl (C=O) groups is 1. The van der Waals surface area contributed by atoms with Gasteiger partial charge < -0.3 is 5.32 Å². The lowest BCUT2D eigenvalue weighted by molar-refractivity contribution is 0.0956. The SMILES string of the molecule is O=C(NCCCC1CCCC1)c1sccc1-n1cnnn1. The first-order chi connectivity index (χ1) is 10.3. The topological polar surface area (TPSA) is 72.7 Å². The Morgan fingerprint density at radius 2 is 2.29 bits per heavy atom. The van der Waals surface area contributed by atoms with Crippen LogP contribution in [0.5, 0.6) is 0 Å². The lowest BCUT2D eigenvalue weighted by Crippen LogP contribution is -2.25. The zero-order chi connectivity index (χ0) is 14.5. The number of hydrogen-bond acceptors (Lipinski definition) is 5. The molecular weight excluding hydrogens is 286 g/mol. The molecule has 112 valence electrons. The first-order valence-electron chi connectivity index (χ1n) is 7.43. The Bertz CT molecular complexity index is 574. The summed E-state index contributed by atoms with van der Waals surface area (Å²) in [6, 6.07) is 1.86. The molecule has 6 nitrogen and oxygen atoms in total. The number of carbonyl (C=O) groups excluding carboxylic acids is 1. The molecule has 1 aliphatic rings. The van der Waals surface area contributed by atoms with Crippen LogP contribution in [0.3, 0.4) is 0 Å². The van der Waals surface area contributed by atoms with Crippen molar-refractivity contribution in [3.63, 3.8) is 0 Å². The predicted molar refractivity (Wildman–Crippen MR) is 80.6 cm³/mol. The van der Waals surface area contributed by atoms with Gasteiger partial charge in [-0.3, -0.25) is 4.79 Å². The Morgan fingerprint density at radius 3 is 3.05 bits per heavy atom. The molecule has 2 aromatic heterocycles. The molecule has 1 saturated carbocycles. The van der Waals surface area contributed by atoms with E-state index >= 15 is 0 Å². The van der Waals surface area contributed by atoms with Crippen LogP contribution < -0.4 is 5.32 Å². The molecule has 0 aromatic carbocycles. The number of nitrogens with zero attached hydrogens (tertiary/aromatic N) is 4. The normalized spacial score (nSPS) is 15.4. The molecule has 1 amide bonds. The van der Waals surface area contributed by atoms with Crippen molar-refractivity contribution in [2.75, 3.05) is 6.54 Å². The molecule has 3 rings (SSSR count). The summed E-state index contributed by atoms with van der Waals surface area (Å²) in [6.07, 6.45) is 9.26. The highest BCUT2D eigenvalue weighted by Crippen LogP contribution is 2.28. The lowest BCUT2D eigenvalue weighted by Gasteiger charge is -2.09. The third-order valence-corrected chi connectivity index (χ3v) is 4.90. The second-order valence-electron chi connectivity index (χ2n) is 5.44. The molecule has 0 saturated heterocycles. The fourth-order valence-electron chi connectivity index (χ4n) is 2.90. The smallest absolute Gasteiger partial charge is 0.263 e. The van der Waals surface area contributed by atoms with Crippen LogP contribution in [0.15, 0.2) is 17.8 Å². The minimum Gasteiger partial charge on any atom is -0.351 e. The fourth-order valence-corrected chi connectivity index (χ4v) is 3.69. The number of rotatable bonds is 6.